The Morgan fingerprint density at radius 3 is 2.58 bits per heavy atom. The van der Waals surface area contributed by atoms with Crippen molar-refractivity contribution >= 4 is 40.6 Å². The molecule has 1 aromatic heterocycles. The number of halogens is 2. The average molecular weight is 372 g/mol. The van der Waals surface area contributed by atoms with Crippen LogP contribution in [0.4, 0.5) is 32.2 Å². The van der Waals surface area contributed by atoms with E-state index in [4.69, 9.17) is 11.6 Å². The molecule has 2 aromatic carbocycles. The van der Waals surface area contributed by atoms with E-state index in [2.05, 4.69) is 20.6 Å². The molecular weight excluding hydrogens is 357 g/mol. The predicted octanol–water partition coefficient (Wildman–Crippen LogP) is 4.68. The summed E-state index contributed by atoms with van der Waals surface area (Å²) in [5.74, 6) is 0.546. The number of aromatic nitrogens is 2. The van der Waals surface area contributed by atoms with Gasteiger partial charge in [0.25, 0.3) is 0 Å². The standard InChI is InChI=1S/C18H15ClFN5O/c1-25(18(26)24-15-4-2-3-12(19)9-15)17-10-16(21-11-22-17)23-14-7-5-13(20)6-8-14/h2-11H,1H3,(H,24,26)(H,21,22,23). The van der Waals surface area contributed by atoms with Gasteiger partial charge in [0.15, 0.2) is 0 Å². The molecule has 132 valence electrons. The summed E-state index contributed by atoms with van der Waals surface area (Å²) in [4.78, 5) is 21.9. The third-order valence-corrected chi connectivity index (χ3v) is 3.73. The second kappa shape index (κ2) is 7.79. The van der Waals surface area contributed by atoms with Crippen LogP contribution >= 0.6 is 11.6 Å². The Labute approximate surface area is 154 Å². The number of amides is 2. The summed E-state index contributed by atoms with van der Waals surface area (Å²) in [5.41, 5.74) is 1.25. The van der Waals surface area contributed by atoms with Gasteiger partial charge < -0.3 is 10.6 Å². The molecule has 0 spiro atoms. The van der Waals surface area contributed by atoms with Crippen LogP contribution in [0.5, 0.6) is 0 Å². The Hall–Kier alpha value is -3.19. The lowest BCUT2D eigenvalue weighted by Gasteiger charge is -2.17. The minimum atomic E-state index is -0.376. The Bertz CT molecular complexity index is 919. The monoisotopic (exact) mass is 371 g/mol. The van der Waals surface area contributed by atoms with Crippen molar-refractivity contribution in [1.82, 2.24) is 9.97 Å². The van der Waals surface area contributed by atoms with Gasteiger partial charge in [0.05, 0.1) is 0 Å². The molecule has 0 aliphatic heterocycles. The minimum absolute atomic E-state index is 0.323. The van der Waals surface area contributed by atoms with E-state index in [-0.39, 0.29) is 11.8 Å². The molecule has 1 heterocycles. The number of anilines is 4. The molecule has 26 heavy (non-hydrogen) atoms. The normalized spacial score (nSPS) is 10.3. The number of benzene rings is 2. The van der Waals surface area contributed by atoms with Crippen molar-refractivity contribution in [2.75, 3.05) is 22.6 Å². The SMILES string of the molecule is CN(C(=O)Nc1cccc(Cl)c1)c1cc(Nc2ccc(F)cc2)ncn1. The van der Waals surface area contributed by atoms with Crippen LogP contribution < -0.4 is 15.5 Å². The molecule has 2 amide bonds. The number of rotatable bonds is 4. The highest BCUT2D eigenvalue weighted by molar-refractivity contribution is 6.30. The van der Waals surface area contributed by atoms with E-state index in [0.717, 1.165) is 0 Å². The minimum Gasteiger partial charge on any atom is -0.340 e. The third kappa shape index (κ3) is 4.46. The first kappa shape index (κ1) is 17.6. The summed E-state index contributed by atoms with van der Waals surface area (Å²) in [5, 5.41) is 6.29. The number of carbonyl (C=O) groups is 1. The largest absolute Gasteiger partial charge is 0.340 e. The van der Waals surface area contributed by atoms with Gasteiger partial charge in [-0.1, -0.05) is 17.7 Å². The molecule has 6 nitrogen and oxygen atoms in total. The van der Waals surface area contributed by atoms with Gasteiger partial charge in [-0.05, 0) is 42.5 Å². The molecule has 0 saturated heterocycles. The first-order valence-corrected chi connectivity index (χ1v) is 8.04. The first-order valence-electron chi connectivity index (χ1n) is 7.66. The van der Waals surface area contributed by atoms with Gasteiger partial charge in [-0.15, -0.1) is 0 Å². The Morgan fingerprint density at radius 2 is 1.85 bits per heavy atom. The molecule has 0 saturated carbocycles. The molecule has 8 heteroatoms. The molecule has 0 radical (unpaired) electrons. The molecule has 0 aliphatic carbocycles. The second-order valence-electron chi connectivity index (χ2n) is 5.39. The zero-order chi connectivity index (χ0) is 18.5. The smallest absolute Gasteiger partial charge is 0.327 e. The van der Waals surface area contributed by atoms with Gasteiger partial charge >= 0.3 is 6.03 Å². The lowest BCUT2D eigenvalue weighted by atomic mass is 10.3. The summed E-state index contributed by atoms with van der Waals surface area (Å²) in [6.07, 6.45) is 1.34. The van der Waals surface area contributed by atoms with Crippen LogP contribution in [0.25, 0.3) is 0 Å². The van der Waals surface area contributed by atoms with Gasteiger partial charge in [0.2, 0.25) is 0 Å². The Balaban J connectivity index is 1.72. The zero-order valence-corrected chi connectivity index (χ0v) is 14.5. The molecule has 0 bridgehead atoms. The Kier molecular flexibility index (Phi) is 5.28. The summed E-state index contributed by atoms with van der Waals surface area (Å²) in [6, 6.07) is 13.9. The van der Waals surface area contributed by atoms with E-state index in [0.29, 0.717) is 28.0 Å². The highest BCUT2D eigenvalue weighted by Crippen LogP contribution is 2.20. The predicted molar refractivity (Wildman–Crippen MR) is 101 cm³/mol. The van der Waals surface area contributed by atoms with Gasteiger partial charge in [-0.25, -0.2) is 19.2 Å². The number of carbonyl (C=O) groups excluding carboxylic acids is 1. The summed E-state index contributed by atoms with van der Waals surface area (Å²) < 4.78 is 13.0. The van der Waals surface area contributed by atoms with Crippen molar-refractivity contribution < 1.29 is 9.18 Å². The fraction of sp³-hybridized carbons (Fsp3) is 0.0556. The van der Waals surface area contributed by atoms with E-state index in [1.807, 2.05) is 0 Å². The molecule has 3 aromatic rings. The van der Waals surface area contributed by atoms with Crippen LogP contribution in [0, 0.1) is 5.82 Å². The quantitative estimate of drug-likeness (QED) is 0.698. The molecule has 0 fully saturated rings. The lowest BCUT2D eigenvalue weighted by molar-refractivity contribution is 0.258. The van der Waals surface area contributed by atoms with Crippen molar-refractivity contribution in [2.24, 2.45) is 0 Å². The number of nitrogens with zero attached hydrogens (tertiary/aromatic N) is 3. The second-order valence-corrected chi connectivity index (χ2v) is 5.83. The summed E-state index contributed by atoms with van der Waals surface area (Å²) >= 11 is 5.92. The van der Waals surface area contributed by atoms with Crippen molar-refractivity contribution in [3.63, 3.8) is 0 Å². The van der Waals surface area contributed by atoms with Crippen molar-refractivity contribution in [1.29, 1.82) is 0 Å². The number of hydrogen-bond donors (Lipinski definition) is 2. The van der Waals surface area contributed by atoms with E-state index in [1.165, 1.54) is 23.4 Å². The van der Waals surface area contributed by atoms with Crippen molar-refractivity contribution in [3.8, 4) is 0 Å². The average Bonchev–Trinajstić information content (AvgIpc) is 2.63. The molecule has 0 aliphatic rings. The number of urea groups is 1. The van der Waals surface area contributed by atoms with Crippen molar-refractivity contribution in [3.05, 3.63) is 71.8 Å². The van der Waals surface area contributed by atoms with Gasteiger partial charge in [-0.2, -0.15) is 0 Å². The van der Waals surface area contributed by atoms with E-state index in [1.54, 1.807) is 49.5 Å². The molecule has 0 unspecified atom stereocenters. The van der Waals surface area contributed by atoms with Gasteiger partial charge in [0.1, 0.15) is 23.8 Å². The zero-order valence-electron chi connectivity index (χ0n) is 13.8. The molecule has 2 N–H and O–H groups in total. The van der Waals surface area contributed by atoms with Crippen LogP contribution in [-0.4, -0.2) is 23.0 Å². The summed E-state index contributed by atoms with van der Waals surface area (Å²) in [7, 11) is 1.59. The molecule has 3 rings (SSSR count). The highest BCUT2D eigenvalue weighted by Gasteiger charge is 2.13. The van der Waals surface area contributed by atoms with Crippen LogP contribution in [0.2, 0.25) is 5.02 Å². The highest BCUT2D eigenvalue weighted by atomic mass is 35.5. The lowest BCUT2D eigenvalue weighted by Crippen LogP contribution is -2.31. The fourth-order valence-corrected chi connectivity index (χ4v) is 2.35. The molecular formula is C18H15ClFN5O. The van der Waals surface area contributed by atoms with Crippen LogP contribution in [0.1, 0.15) is 0 Å². The third-order valence-electron chi connectivity index (χ3n) is 3.49. The maximum absolute atomic E-state index is 13.0. The van der Waals surface area contributed by atoms with Crippen LogP contribution in [0.15, 0.2) is 60.9 Å². The van der Waals surface area contributed by atoms with Crippen molar-refractivity contribution in [2.45, 2.75) is 0 Å². The van der Waals surface area contributed by atoms with Gasteiger partial charge in [-0.3, -0.25) is 4.90 Å². The van der Waals surface area contributed by atoms with E-state index in [9.17, 15) is 9.18 Å². The van der Waals surface area contributed by atoms with Crippen LogP contribution in [0.3, 0.4) is 0 Å². The van der Waals surface area contributed by atoms with Crippen LogP contribution in [-0.2, 0) is 0 Å². The number of hydrogen-bond acceptors (Lipinski definition) is 4. The van der Waals surface area contributed by atoms with E-state index < -0.39 is 0 Å². The molecule has 0 atom stereocenters. The van der Waals surface area contributed by atoms with Gasteiger partial charge in [0, 0.05) is 29.5 Å². The topological polar surface area (TPSA) is 70.2 Å². The first-order chi connectivity index (χ1) is 12.5. The van der Waals surface area contributed by atoms with E-state index >= 15 is 0 Å². The number of nitrogens with one attached hydrogen (secondary N) is 2. The summed E-state index contributed by atoms with van der Waals surface area (Å²) in [6.45, 7) is 0. The maximum atomic E-state index is 13.0. The fourth-order valence-electron chi connectivity index (χ4n) is 2.16. The maximum Gasteiger partial charge on any atom is 0.327 e. The Morgan fingerprint density at radius 1 is 1.08 bits per heavy atom.